The first kappa shape index (κ1) is 44.2. The number of carboxylic acid groups (broad SMARTS) is 4. The lowest BCUT2D eigenvalue weighted by atomic mass is 9.97. The van der Waals surface area contributed by atoms with Crippen LogP contribution in [0.3, 0.4) is 0 Å². The third-order valence-electron chi connectivity index (χ3n) is 7.30. The molecule has 2 atom stereocenters. The van der Waals surface area contributed by atoms with E-state index in [9.17, 15) is 9.59 Å². The van der Waals surface area contributed by atoms with Gasteiger partial charge in [-0.3, -0.25) is 9.59 Å². The zero-order chi connectivity index (χ0) is 37.2. The molecule has 0 radical (unpaired) electrons. The Balaban J connectivity index is 0.00000163. The molecule has 49 heavy (non-hydrogen) atoms. The highest BCUT2D eigenvalue weighted by Crippen LogP contribution is 2.21. The fraction of sp³-hybridized carbons (Fsp3) is 0.486. The maximum absolute atomic E-state index is 12.6. The molecular formula is C35H50N2O12. The van der Waals surface area contributed by atoms with Crippen molar-refractivity contribution in [1.82, 2.24) is 9.80 Å². The maximum atomic E-state index is 12.6. The molecule has 2 aromatic rings. The highest BCUT2D eigenvalue weighted by Gasteiger charge is 2.21. The molecule has 14 heteroatoms. The first-order valence-electron chi connectivity index (χ1n) is 16.1. The summed E-state index contributed by atoms with van der Waals surface area (Å²) in [4.78, 5) is 66.2. The van der Waals surface area contributed by atoms with Gasteiger partial charge < -0.3 is 39.7 Å². The van der Waals surface area contributed by atoms with Crippen LogP contribution in [0.4, 0.5) is 0 Å². The molecule has 2 aromatic carbocycles. The van der Waals surface area contributed by atoms with Crippen molar-refractivity contribution < 1.29 is 58.7 Å². The highest BCUT2D eigenvalue weighted by molar-refractivity contribution is 6.27. The van der Waals surface area contributed by atoms with Gasteiger partial charge in [-0.1, -0.05) is 88.4 Å². The van der Waals surface area contributed by atoms with Gasteiger partial charge in [0.25, 0.3) is 0 Å². The molecule has 0 saturated carbocycles. The van der Waals surface area contributed by atoms with E-state index in [1.807, 2.05) is 74.5 Å². The van der Waals surface area contributed by atoms with Gasteiger partial charge in [0.2, 0.25) is 0 Å². The van der Waals surface area contributed by atoms with E-state index in [2.05, 4.69) is 23.6 Å². The molecule has 0 saturated heterocycles. The van der Waals surface area contributed by atoms with Crippen molar-refractivity contribution in [2.24, 2.45) is 0 Å². The Hall–Kier alpha value is -4.82. The fourth-order valence-corrected chi connectivity index (χ4v) is 4.57. The number of rotatable bonds is 18. The van der Waals surface area contributed by atoms with Gasteiger partial charge in [0.1, 0.15) is 13.2 Å². The number of hydrogen-bond acceptors (Lipinski definition) is 10. The summed E-state index contributed by atoms with van der Waals surface area (Å²) in [5, 5.41) is 29.6. The Morgan fingerprint density at radius 2 is 0.837 bits per heavy atom. The molecule has 272 valence electrons. The number of carbonyl (C=O) groups excluding carboxylic acids is 2. The Morgan fingerprint density at radius 3 is 1.08 bits per heavy atom. The van der Waals surface area contributed by atoms with Crippen molar-refractivity contribution >= 4 is 35.8 Å². The third-order valence-corrected chi connectivity index (χ3v) is 7.30. The fourth-order valence-electron chi connectivity index (χ4n) is 4.57. The Labute approximate surface area is 287 Å². The number of hydrogen-bond donors (Lipinski definition) is 4. The van der Waals surface area contributed by atoms with Crippen LogP contribution in [0.25, 0.3) is 0 Å². The van der Waals surface area contributed by atoms with Crippen LogP contribution in [0.5, 0.6) is 0 Å². The average Bonchev–Trinajstić information content (AvgIpc) is 3.08. The summed E-state index contributed by atoms with van der Waals surface area (Å²) in [6.07, 6.45) is 2.47. The minimum Gasteiger partial charge on any atom is -0.473 e. The van der Waals surface area contributed by atoms with Crippen LogP contribution in [0.1, 0.15) is 69.9 Å². The molecule has 0 amide bonds. The van der Waals surface area contributed by atoms with E-state index in [1.165, 1.54) is 0 Å². The van der Waals surface area contributed by atoms with Gasteiger partial charge in [0.15, 0.2) is 0 Å². The lowest BCUT2D eigenvalue weighted by Gasteiger charge is -2.24. The second-order valence-electron chi connectivity index (χ2n) is 10.5. The Kier molecular flexibility index (Phi) is 23.6. The molecule has 0 aliphatic heterocycles. The van der Waals surface area contributed by atoms with Crippen LogP contribution < -0.4 is 0 Å². The molecule has 2 rings (SSSR count). The molecule has 0 heterocycles. The largest absolute Gasteiger partial charge is 0.473 e. The minimum absolute atomic E-state index is 0.144. The Morgan fingerprint density at radius 1 is 0.531 bits per heavy atom. The van der Waals surface area contributed by atoms with E-state index in [4.69, 9.17) is 49.1 Å². The smallest absolute Gasteiger partial charge is 0.414 e. The number of ether oxygens (including phenoxy) is 2. The number of carboxylic acids is 4. The van der Waals surface area contributed by atoms with Gasteiger partial charge in [0, 0.05) is 13.1 Å². The summed E-state index contributed by atoms with van der Waals surface area (Å²) in [5.74, 6) is -7.99. The molecule has 2 unspecified atom stereocenters. The van der Waals surface area contributed by atoms with Crippen LogP contribution >= 0.6 is 0 Å². The lowest BCUT2D eigenvalue weighted by molar-refractivity contribution is -0.159. The van der Waals surface area contributed by atoms with Crippen molar-refractivity contribution in [2.45, 2.75) is 58.8 Å². The van der Waals surface area contributed by atoms with Crippen LogP contribution in [0.2, 0.25) is 0 Å². The minimum atomic E-state index is -1.82. The molecule has 0 spiro atoms. The number of carbonyl (C=O) groups is 6. The van der Waals surface area contributed by atoms with E-state index < -0.39 is 23.9 Å². The van der Waals surface area contributed by atoms with Gasteiger partial charge in [0.05, 0.1) is 11.8 Å². The first-order valence-corrected chi connectivity index (χ1v) is 16.1. The molecule has 0 fully saturated rings. The number of esters is 2. The first-order chi connectivity index (χ1) is 23.3. The number of benzene rings is 2. The number of likely N-dealkylation sites (N-methyl/N-ethyl adjacent to an activating group) is 2. The molecule has 0 aliphatic rings. The molecule has 4 N–H and O–H groups in total. The Bertz CT molecular complexity index is 1150. The molecule has 0 bridgehead atoms. The second kappa shape index (κ2) is 26.2. The van der Waals surface area contributed by atoms with E-state index in [0.717, 1.165) is 69.7 Å². The van der Waals surface area contributed by atoms with E-state index in [-0.39, 0.29) is 23.8 Å². The van der Waals surface area contributed by atoms with Gasteiger partial charge in [-0.05, 0) is 56.6 Å². The normalized spacial score (nSPS) is 11.6. The molecule has 0 aliphatic carbocycles. The van der Waals surface area contributed by atoms with Crippen molar-refractivity contribution in [1.29, 1.82) is 0 Å². The number of aliphatic carboxylic acids is 4. The standard InChI is InChI=1S/C31H46N2O4.2C2H2O4/c1-5-28(26-16-11-9-12-17-26)30(34)36-24-22-32(7-3)20-15-21-33(8-4)23-25-37-31(35)29(6-2)27-18-13-10-14-19-27;2*3-1(4)2(5)6/h9-14,16-19,28-29H,5-8,15,20-25H2,1-4H3;2*(H,3,4)(H,5,6). The van der Waals surface area contributed by atoms with E-state index in [0.29, 0.717) is 13.2 Å². The molecular weight excluding hydrogens is 640 g/mol. The lowest BCUT2D eigenvalue weighted by Crippen LogP contribution is -2.34. The predicted molar refractivity (Wildman–Crippen MR) is 180 cm³/mol. The SMILES string of the molecule is CCC(C(=O)OCCN(CC)CCCN(CC)CCOC(=O)C(CC)c1ccccc1)c1ccccc1.O=C(O)C(=O)O.O=C(O)C(=O)O. The topological polar surface area (TPSA) is 208 Å². The predicted octanol–water partition coefficient (Wildman–Crippen LogP) is 3.81. The highest BCUT2D eigenvalue weighted by atomic mass is 16.5. The zero-order valence-corrected chi connectivity index (χ0v) is 28.7. The van der Waals surface area contributed by atoms with E-state index in [1.54, 1.807) is 0 Å². The summed E-state index contributed by atoms with van der Waals surface area (Å²) in [6.45, 7) is 14.3. The second-order valence-corrected chi connectivity index (χ2v) is 10.5. The average molecular weight is 691 g/mol. The summed E-state index contributed by atoms with van der Waals surface area (Å²) < 4.78 is 11.3. The summed E-state index contributed by atoms with van der Waals surface area (Å²) in [6, 6.07) is 19.7. The maximum Gasteiger partial charge on any atom is 0.414 e. The van der Waals surface area contributed by atoms with Crippen LogP contribution in [0.15, 0.2) is 60.7 Å². The number of nitrogens with zero attached hydrogens (tertiary/aromatic N) is 2. The monoisotopic (exact) mass is 690 g/mol. The summed E-state index contributed by atoms with van der Waals surface area (Å²) in [5.41, 5.74) is 2.02. The van der Waals surface area contributed by atoms with Crippen molar-refractivity contribution in [3.63, 3.8) is 0 Å². The molecule has 0 aromatic heterocycles. The van der Waals surface area contributed by atoms with Crippen LogP contribution in [-0.2, 0) is 38.2 Å². The van der Waals surface area contributed by atoms with Crippen molar-refractivity contribution in [3.05, 3.63) is 71.8 Å². The third kappa shape index (κ3) is 19.6. The summed E-state index contributed by atoms with van der Waals surface area (Å²) >= 11 is 0. The van der Waals surface area contributed by atoms with Gasteiger partial charge in [-0.25, -0.2) is 19.2 Å². The molecule has 14 nitrogen and oxygen atoms in total. The van der Waals surface area contributed by atoms with Gasteiger partial charge in [-0.15, -0.1) is 0 Å². The summed E-state index contributed by atoms with van der Waals surface area (Å²) in [7, 11) is 0. The van der Waals surface area contributed by atoms with Crippen LogP contribution in [0, 0.1) is 0 Å². The van der Waals surface area contributed by atoms with Gasteiger partial charge in [-0.2, -0.15) is 0 Å². The van der Waals surface area contributed by atoms with Gasteiger partial charge >= 0.3 is 35.8 Å². The van der Waals surface area contributed by atoms with Crippen molar-refractivity contribution in [3.8, 4) is 0 Å². The quantitative estimate of drug-likeness (QED) is 0.130. The van der Waals surface area contributed by atoms with Crippen LogP contribution in [-0.4, -0.2) is 119 Å². The van der Waals surface area contributed by atoms with Crippen molar-refractivity contribution in [2.75, 3.05) is 52.5 Å². The zero-order valence-electron chi connectivity index (χ0n) is 28.7. The van der Waals surface area contributed by atoms with E-state index >= 15 is 0 Å².